The summed E-state index contributed by atoms with van der Waals surface area (Å²) in [7, 11) is 1.53. The summed E-state index contributed by atoms with van der Waals surface area (Å²) in [5, 5.41) is 30.9. The summed E-state index contributed by atoms with van der Waals surface area (Å²) >= 11 is 14.3. The predicted molar refractivity (Wildman–Crippen MR) is 162 cm³/mol. The molecule has 0 radical (unpaired) electrons. The Morgan fingerprint density at radius 1 is 1.12 bits per heavy atom. The van der Waals surface area contributed by atoms with Crippen molar-refractivity contribution < 1.29 is 24.5 Å². The number of rotatable bonds is 9. The van der Waals surface area contributed by atoms with Crippen LogP contribution in [0.5, 0.6) is 5.75 Å². The van der Waals surface area contributed by atoms with Crippen LogP contribution in [0.2, 0.25) is 10.0 Å². The highest BCUT2D eigenvalue weighted by Gasteiger charge is 2.40. The van der Waals surface area contributed by atoms with E-state index in [4.69, 9.17) is 43.1 Å². The predicted octanol–water partition coefficient (Wildman–Crippen LogP) is 7.22. The molecule has 1 aromatic heterocycles. The highest BCUT2D eigenvalue weighted by Crippen LogP contribution is 2.43. The van der Waals surface area contributed by atoms with Crippen molar-refractivity contribution in [1.82, 2.24) is 4.98 Å². The first-order valence-corrected chi connectivity index (χ1v) is 15.3. The number of aromatic nitrogens is 1. The summed E-state index contributed by atoms with van der Waals surface area (Å²) in [6.45, 7) is 1.88. The Balaban J connectivity index is 1.14. The lowest BCUT2D eigenvalue weighted by atomic mass is 9.80. The van der Waals surface area contributed by atoms with Crippen LogP contribution < -0.4 is 9.64 Å². The third kappa shape index (κ3) is 5.65. The number of fused-ring (bicyclic) bond motifs is 2. The molecule has 6 rings (SSSR count). The molecule has 8 nitrogen and oxygen atoms in total. The van der Waals surface area contributed by atoms with Crippen molar-refractivity contribution in [3.8, 4) is 5.75 Å². The van der Waals surface area contributed by atoms with Crippen molar-refractivity contribution in [1.29, 1.82) is 5.41 Å². The zero-order valence-electron chi connectivity index (χ0n) is 22.5. The molecule has 1 saturated heterocycles. The molecule has 3 N–H and O–H groups in total. The van der Waals surface area contributed by atoms with Crippen LogP contribution >= 0.6 is 34.5 Å². The zero-order chi connectivity index (χ0) is 28.8. The van der Waals surface area contributed by atoms with Crippen molar-refractivity contribution in [2.75, 3.05) is 31.7 Å². The van der Waals surface area contributed by atoms with E-state index < -0.39 is 5.97 Å². The van der Waals surface area contributed by atoms with Crippen molar-refractivity contribution in [3.05, 3.63) is 62.8 Å². The summed E-state index contributed by atoms with van der Waals surface area (Å²) < 4.78 is 12.6. The molecule has 0 unspecified atom stereocenters. The van der Waals surface area contributed by atoms with E-state index in [1.54, 1.807) is 24.3 Å². The molecule has 2 heterocycles. The molecule has 3 aromatic rings. The fraction of sp³-hybridized carbons (Fsp3) is 0.433. The maximum absolute atomic E-state index is 11.6. The Labute approximate surface area is 252 Å². The van der Waals surface area contributed by atoms with E-state index >= 15 is 0 Å². The van der Waals surface area contributed by atoms with Crippen LogP contribution in [0.4, 0.5) is 5.13 Å². The van der Waals surface area contributed by atoms with Crippen LogP contribution in [-0.2, 0) is 4.74 Å². The molecule has 2 aliphatic carbocycles. The van der Waals surface area contributed by atoms with E-state index in [1.165, 1.54) is 24.5 Å². The third-order valence-electron chi connectivity index (χ3n) is 8.44. The lowest BCUT2D eigenvalue weighted by molar-refractivity contribution is 0.0180. The highest BCUT2D eigenvalue weighted by molar-refractivity contribution is 7.22. The number of nitrogens with zero attached hydrogens (tertiary/aromatic N) is 2. The number of nitrogens with one attached hydrogen (secondary N) is 1. The van der Waals surface area contributed by atoms with Crippen molar-refractivity contribution in [2.24, 2.45) is 17.8 Å². The van der Waals surface area contributed by atoms with Crippen LogP contribution in [0.1, 0.15) is 48.0 Å². The molecule has 2 aromatic carbocycles. The van der Waals surface area contributed by atoms with Gasteiger partial charge in [-0.25, -0.2) is 9.78 Å². The molecule has 0 bridgehead atoms. The number of halogens is 2. The van der Waals surface area contributed by atoms with Crippen molar-refractivity contribution in [3.63, 3.8) is 0 Å². The monoisotopic (exact) mass is 615 g/mol. The topological polar surface area (TPSA) is 116 Å². The first kappa shape index (κ1) is 28.3. The second kappa shape index (κ2) is 11.4. The Kier molecular flexibility index (Phi) is 7.89. The summed E-state index contributed by atoms with van der Waals surface area (Å²) in [5.74, 6) is 0.700. The molecule has 11 heteroatoms. The number of carboxylic acid groups (broad SMARTS) is 1. The smallest absolute Gasteiger partial charge is 0.335 e. The molecule has 41 heavy (non-hydrogen) atoms. The van der Waals surface area contributed by atoms with Crippen molar-refractivity contribution in [2.45, 2.75) is 38.2 Å². The number of anilines is 1. The Morgan fingerprint density at radius 3 is 2.54 bits per heavy atom. The van der Waals surface area contributed by atoms with Gasteiger partial charge >= 0.3 is 5.97 Å². The molecular formula is C30H31Cl2N3O5S. The molecule has 3 aliphatic rings. The number of benzene rings is 2. The number of aliphatic hydroxyl groups is 1. The Morgan fingerprint density at radius 2 is 1.85 bits per heavy atom. The maximum atomic E-state index is 11.6. The summed E-state index contributed by atoms with van der Waals surface area (Å²) in [5.41, 5.74) is 1.86. The number of methoxy groups -OCH3 is 1. The van der Waals surface area contributed by atoms with Gasteiger partial charge in [-0.05, 0) is 68.2 Å². The molecule has 2 saturated carbocycles. The molecular weight excluding hydrogens is 585 g/mol. The van der Waals surface area contributed by atoms with Gasteiger partial charge < -0.3 is 24.6 Å². The molecule has 1 aliphatic heterocycles. The number of allylic oxidation sites excluding steroid dienone is 1. The molecule has 0 amide bonds. The fourth-order valence-electron chi connectivity index (χ4n) is 6.06. The standard InChI is InChI=1S/C30H31Cl2N3O5S/c1-39-23-10-17(29(37)38)11-24-27(23)34-30(41-24)35-12-16-7-8-19(9-18(16)13-35)40-14-20(28(36)15-5-6-15)26(33)25-21(31)3-2-4-22(25)32/h2-4,10-11,15-16,18-19,33,36H,5-9,12-14H2,1H3,(H,37,38)/b28-20-,33-26?/t16-,18+,19+/m1/s1. The normalized spacial score (nSPS) is 22.9. The van der Waals surface area contributed by atoms with Gasteiger partial charge in [-0.1, -0.05) is 40.6 Å². The lowest BCUT2D eigenvalue weighted by Crippen LogP contribution is -2.30. The number of aromatic carboxylic acids is 1. The number of hydrogen-bond donors (Lipinski definition) is 3. The van der Waals surface area contributed by atoms with E-state index in [1.807, 2.05) is 0 Å². The van der Waals surface area contributed by atoms with Gasteiger partial charge in [0.1, 0.15) is 17.0 Å². The summed E-state index contributed by atoms with van der Waals surface area (Å²) in [6, 6.07) is 8.31. The summed E-state index contributed by atoms with van der Waals surface area (Å²) in [4.78, 5) is 18.7. The number of thiazole rings is 1. The van der Waals surface area contributed by atoms with Crippen LogP contribution in [-0.4, -0.2) is 59.8 Å². The van der Waals surface area contributed by atoms with Gasteiger partial charge in [0.25, 0.3) is 0 Å². The van der Waals surface area contributed by atoms with Gasteiger partial charge in [0.05, 0.1) is 45.8 Å². The van der Waals surface area contributed by atoms with E-state index in [0.29, 0.717) is 44.3 Å². The molecule has 3 fully saturated rings. The maximum Gasteiger partial charge on any atom is 0.335 e. The fourth-order valence-corrected chi connectivity index (χ4v) is 7.69. The third-order valence-corrected chi connectivity index (χ3v) is 10.1. The van der Waals surface area contributed by atoms with Gasteiger partial charge in [0.2, 0.25) is 0 Å². The van der Waals surface area contributed by atoms with Crippen LogP contribution in [0, 0.1) is 23.2 Å². The first-order valence-electron chi connectivity index (χ1n) is 13.8. The molecule has 3 atom stereocenters. The van der Waals surface area contributed by atoms with Gasteiger partial charge in [0.15, 0.2) is 5.13 Å². The second-order valence-corrected chi connectivity index (χ2v) is 12.9. The Bertz CT molecular complexity index is 1530. The minimum atomic E-state index is -0.994. The van der Waals surface area contributed by atoms with E-state index in [-0.39, 0.29) is 35.7 Å². The average molecular weight is 617 g/mol. The van der Waals surface area contributed by atoms with Crippen LogP contribution in [0.3, 0.4) is 0 Å². The van der Waals surface area contributed by atoms with Gasteiger partial charge in [-0.15, -0.1) is 0 Å². The van der Waals surface area contributed by atoms with Crippen LogP contribution in [0.25, 0.3) is 10.2 Å². The van der Waals surface area contributed by atoms with E-state index in [2.05, 4.69) is 4.90 Å². The molecule has 0 spiro atoms. The molecule has 216 valence electrons. The van der Waals surface area contributed by atoms with Gasteiger partial charge in [-0.3, -0.25) is 5.41 Å². The minimum Gasteiger partial charge on any atom is -0.512 e. The van der Waals surface area contributed by atoms with Gasteiger partial charge in [-0.2, -0.15) is 0 Å². The number of ether oxygens (including phenoxy) is 2. The number of aliphatic hydroxyl groups excluding tert-OH is 1. The quantitative estimate of drug-likeness (QED) is 0.172. The zero-order valence-corrected chi connectivity index (χ0v) is 24.9. The largest absolute Gasteiger partial charge is 0.512 e. The second-order valence-electron chi connectivity index (χ2n) is 11.1. The SMILES string of the molecule is COc1cc(C(=O)O)cc2sc(N3C[C@H]4CC[C@H](OC/C(C(=N)c5c(Cl)cccc5Cl)=C(/O)C5CC5)C[C@H]4C3)nc12. The van der Waals surface area contributed by atoms with Crippen LogP contribution in [0.15, 0.2) is 41.7 Å². The van der Waals surface area contributed by atoms with Crippen molar-refractivity contribution >= 4 is 61.6 Å². The highest BCUT2D eigenvalue weighted by atomic mass is 35.5. The Hall–Kier alpha value is -2.85. The van der Waals surface area contributed by atoms with Gasteiger partial charge in [0, 0.05) is 30.1 Å². The average Bonchev–Trinajstić information content (AvgIpc) is 3.57. The number of carbonyl (C=O) groups is 1. The number of hydrogen-bond acceptors (Lipinski definition) is 8. The van der Waals surface area contributed by atoms with E-state index in [0.717, 1.165) is 55.0 Å². The summed E-state index contributed by atoms with van der Waals surface area (Å²) in [6.07, 6.45) is 4.62. The first-order chi connectivity index (χ1) is 19.7. The number of carboxylic acids is 1. The minimum absolute atomic E-state index is 0.0151. The van der Waals surface area contributed by atoms with E-state index in [9.17, 15) is 15.0 Å². The lowest BCUT2D eigenvalue weighted by Gasteiger charge is -2.31.